The number of thiazole rings is 1. The third kappa shape index (κ3) is 4.07. The number of ether oxygens (including phenoxy) is 1. The van der Waals surface area contributed by atoms with Crippen LogP contribution in [-0.4, -0.2) is 31.3 Å². The molecular formula is C30H24F2N6O2S. The number of rotatable bonds is 6. The summed E-state index contributed by atoms with van der Waals surface area (Å²) in [6.45, 7) is 1.87. The van der Waals surface area contributed by atoms with Crippen LogP contribution in [0.2, 0.25) is 0 Å². The molecule has 0 amide bonds. The Morgan fingerprint density at radius 1 is 1.10 bits per heavy atom. The molecule has 0 aliphatic heterocycles. The van der Waals surface area contributed by atoms with Crippen molar-refractivity contribution in [2.75, 3.05) is 12.8 Å². The molecule has 4 aromatic heterocycles. The molecule has 0 saturated heterocycles. The predicted octanol–water partition coefficient (Wildman–Crippen LogP) is 6.01. The summed E-state index contributed by atoms with van der Waals surface area (Å²) < 4.78 is 37.8. The summed E-state index contributed by atoms with van der Waals surface area (Å²) in [6.07, 6.45) is 3.18. The summed E-state index contributed by atoms with van der Waals surface area (Å²) in [6, 6.07) is 12.2. The molecule has 0 unspecified atom stereocenters. The average molecular weight is 571 g/mol. The summed E-state index contributed by atoms with van der Waals surface area (Å²) in [7, 11) is 1.40. The van der Waals surface area contributed by atoms with Crippen LogP contribution in [0.15, 0.2) is 65.0 Å². The minimum absolute atomic E-state index is 0.109. The number of nitrogen functional groups attached to an aromatic ring is 1. The Bertz CT molecular complexity index is 2050. The highest BCUT2D eigenvalue weighted by molar-refractivity contribution is 7.15. The number of pyridine rings is 1. The first-order valence-corrected chi connectivity index (χ1v) is 14.0. The molecule has 2 N–H and O–H groups in total. The van der Waals surface area contributed by atoms with Crippen LogP contribution in [0, 0.1) is 24.5 Å². The molecule has 6 aromatic rings. The van der Waals surface area contributed by atoms with E-state index in [0.717, 1.165) is 28.9 Å². The zero-order chi connectivity index (χ0) is 28.4. The third-order valence-corrected chi connectivity index (χ3v) is 8.62. The fourth-order valence-corrected chi connectivity index (χ4v) is 6.52. The van der Waals surface area contributed by atoms with E-state index in [2.05, 4.69) is 9.97 Å². The van der Waals surface area contributed by atoms with Gasteiger partial charge in [-0.25, -0.2) is 23.4 Å². The normalized spacial score (nSPS) is 14.1. The summed E-state index contributed by atoms with van der Waals surface area (Å²) >= 11 is 1.47. The van der Waals surface area contributed by atoms with Crippen LogP contribution in [0.1, 0.15) is 30.1 Å². The van der Waals surface area contributed by atoms with Gasteiger partial charge < -0.3 is 10.5 Å². The van der Waals surface area contributed by atoms with Crippen molar-refractivity contribution in [3.63, 3.8) is 0 Å². The zero-order valence-electron chi connectivity index (χ0n) is 22.1. The number of benzene rings is 2. The molecule has 7 rings (SSSR count). The van der Waals surface area contributed by atoms with Crippen molar-refractivity contribution in [2.45, 2.75) is 25.8 Å². The molecule has 4 heterocycles. The summed E-state index contributed by atoms with van der Waals surface area (Å²) in [5, 5.41) is 7.38. The monoisotopic (exact) mass is 570 g/mol. The van der Waals surface area contributed by atoms with E-state index in [1.54, 1.807) is 27.3 Å². The summed E-state index contributed by atoms with van der Waals surface area (Å²) in [5.41, 5.74) is 9.91. The molecule has 1 atom stereocenters. The molecule has 1 aliphatic rings. The van der Waals surface area contributed by atoms with Gasteiger partial charge in [-0.3, -0.25) is 9.20 Å². The van der Waals surface area contributed by atoms with E-state index in [1.165, 1.54) is 49.0 Å². The minimum Gasteiger partial charge on any atom is -0.494 e. The lowest BCUT2D eigenvalue weighted by molar-refractivity contribution is 0.386. The number of fused-ring (bicyclic) bond motifs is 2. The Balaban J connectivity index is 1.53. The zero-order valence-corrected chi connectivity index (χ0v) is 23.0. The quantitative estimate of drug-likeness (QED) is 0.263. The van der Waals surface area contributed by atoms with Crippen LogP contribution in [0.3, 0.4) is 0 Å². The van der Waals surface area contributed by atoms with Crippen LogP contribution in [0.25, 0.3) is 38.2 Å². The van der Waals surface area contributed by atoms with Gasteiger partial charge in [0.25, 0.3) is 5.56 Å². The lowest BCUT2D eigenvalue weighted by atomic mass is 9.93. The fraction of sp³-hybridized carbons (Fsp3) is 0.200. The molecule has 1 fully saturated rings. The van der Waals surface area contributed by atoms with E-state index in [0.29, 0.717) is 33.4 Å². The first-order chi connectivity index (χ1) is 19.9. The highest BCUT2D eigenvalue weighted by Crippen LogP contribution is 2.48. The molecule has 1 aliphatic carbocycles. The number of nitrogens with two attached hydrogens (primary N) is 1. The number of aromatic nitrogens is 5. The number of hydrogen-bond acceptors (Lipinski definition) is 7. The van der Waals surface area contributed by atoms with Crippen LogP contribution in [0.5, 0.6) is 5.75 Å². The summed E-state index contributed by atoms with van der Waals surface area (Å²) in [4.78, 5) is 23.6. The van der Waals surface area contributed by atoms with Gasteiger partial charge in [-0.05, 0) is 73.2 Å². The molecule has 0 radical (unpaired) electrons. The van der Waals surface area contributed by atoms with Gasteiger partial charge in [0.2, 0.25) is 0 Å². The van der Waals surface area contributed by atoms with Crippen LogP contribution < -0.4 is 16.0 Å². The van der Waals surface area contributed by atoms with Crippen molar-refractivity contribution in [1.29, 1.82) is 0 Å². The van der Waals surface area contributed by atoms with Gasteiger partial charge in [-0.1, -0.05) is 12.1 Å². The van der Waals surface area contributed by atoms with Gasteiger partial charge in [0, 0.05) is 16.6 Å². The SMILES string of the molecule is COc1ccc(-c2nn([C@H](c3cc4scc(C)n4c(=O)c3-c3cccc(F)c3)C3CC3)c3ncnc(N)c23)cc1F. The smallest absolute Gasteiger partial charge is 0.264 e. The number of aryl methyl sites for hydroxylation is 1. The average Bonchev–Trinajstić information content (AvgIpc) is 3.61. The van der Waals surface area contributed by atoms with Gasteiger partial charge in [-0.15, -0.1) is 11.3 Å². The van der Waals surface area contributed by atoms with Gasteiger partial charge in [0.1, 0.15) is 28.5 Å². The third-order valence-electron chi connectivity index (χ3n) is 7.62. The highest BCUT2D eigenvalue weighted by atomic mass is 32.1. The fourth-order valence-electron chi connectivity index (χ4n) is 5.59. The van der Waals surface area contributed by atoms with Crippen molar-refractivity contribution < 1.29 is 13.5 Å². The van der Waals surface area contributed by atoms with E-state index < -0.39 is 17.7 Å². The predicted molar refractivity (Wildman–Crippen MR) is 154 cm³/mol. The summed E-state index contributed by atoms with van der Waals surface area (Å²) in [5.74, 6) is -0.516. The second kappa shape index (κ2) is 9.48. The second-order valence-electron chi connectivity index (χ2n) is 10.2. The number of nitrogens with zero attached hydrogens (tertiary/aromatic N) is 5. The molecule has 8 nitrogen and oxygen atoms in total. The van der Waals surface area contributed by atoms with Gasteiger partial charge in [-0.2, -0.15) is 5.10 Å². The maximum Gasteiger partial charge on any atom is 0.264 e. The van der Waals surface area contributed by atoms with E-state index in [1.807, 2.05) is 18.4 Å². The van der Waals surface area contributed by atoms with E-state index in [-0.39, 0.29) is 23.0 Å². The van der Waals surface area contributed by atoms with Crippen LogP contribution in [0.4, 0.5) is 14.6 Å². The Kier molecular flexibility index (Phi) is 5.86. The Hall–Kier alpha value is -4.64. The first-order valence-electron chi connectivity index (χ1n) is 13.1. The van der Waals surface area contributed by atoms with Crippen molar-refractivity contribution in [3.8, 4) is 28.1 Å². The van der Waals surface area contributed by atoms with Gasteiger partial charge >= 0.3 is 0 Å². The highest BCUT2D eigenvalue weighted by Gasteiger charge is 2.39. The van der Waals surface area contributed by atoms with Crippen LogP contribution in [-0.2, 0) is 0 Å². The molecule has 206 valence electrons. The van der Waals surface area contributed by atoms with Gasteiger partial charge in [0.15, 0.2) is 17.2 Å². The molecule has 0 spiro atoms. The Labute approximate surface area is 236 Å². The Morgan fingerprint density at radius 2 is 1.93 bits per heavy atom. The molecule has 2 aromatic carbocycles. The molecule has 0 bridgehead atoms. The van der Waals surface area contributed by atoms with Crippen molar-refractivity contribution in [3.05, 3.63) is 93.5 Å². The van der Waals surface area contributed by atoms with E-state index >= 15 is 0 Å². The van der Waals surface area contributed by atoms with Crippen molar-refractivity contribution >= 4 is 33.0 Å². The molecule has 41 heavy (non-hydrogen) atoms. The molecule has 11 heteroatoms. The Morgan fingerprint density at radius 3 is 2.66 bits per heavy atom. The maximum absolute atomic E-state index is 14.8. The lowest BCUT2D eigenvalue weighted by Gasteiger charge is -2.22. The number of halogens is 2. The van der Waals surface area contributed by atoms with Gasteiger partial charge in [0.05, 0.1) is 24.1 Å². The number of hydrogen-bond donors (Lipinski definition) is 1. The minimum atomic E-state index is -0.540. The maximum atomic E-state index is 14.8. The first kappa shape index (κ1) is 25.3. The van der Waals surface area contributed by atoms with E-state index in [4.69, 9.17) is 15.6 Å². The molecular weight excluding hydrogens is 546 g/mol. The van der Waals surface area contributed by atoms with Crippen molar-refractivity contribution in [2.24, 2.45) is 5.92 Å². The van der Waals surface area contributed by atoms with Crippen LogP contribution >= 0.6 is 11.3 Å². The van der Waals surface area contributed by atoms with E-state index in [9.17, 15) is 13.6 Å². The number of anilines is 1. The molecule has 1 saturated carbocycles. The number of methoxy groups -OCH3 is 1. The standard InChI is InChI=1S/C30H24F2N6O2S/c1-15-13-41-23-12-20(24(30(39)37(15)23)17-4-3-5-19(31)10-17)27(16-6-7-16)38-29-25(28(33)34-14-35-29)26(36-38)18-8-9-22(40-2)21(32)11-18/h3-5,8-14,16,27H,6-7H2,1-2H3,(H2,33,34,35)/t27-/m0/s1. The van der Waals surface area contributed by atoms with Crippen molar-refractivity contribution in [1.82, 2.24) is 24.1 Å². The second-order valence-corrected chi connectivity index (χ2v) is 11.1. The lowest BCUT2D eigenvalue weighted by Crippen LogP contribution is -2.23. The topological polar surface area (TPSA) is 100 Å². The largest absolute Gasteiger partial charge is 0.494 e.